The summed E-state index contributed by atoms with van der Waals surface area (Å²) in [6, 6.07) is 8.91. The minimum Gasteiger partial charge on any atom is -0.368 e. The Morgan fingerprint density at radius 1 is 1.23 bits per heavy atom. The van der Waals surface area contributed by atoms with Crippen LogP contribution in [-0.2, 0) is 0 Å². The molecule has 2 heterocycles. The van der Waals surface area contributed by atoms with Crippen molar-refractivity contribution in [3.05, 3.63) is 28.7 Å². The van der Waals surface area contributed by atoms with E-state index in [0.717, 1.165) is 38.6 Å². The predicted molar refractivity (Wildman–Crippen MR) is 114 cm³/mol. The van der Waals surface area contributed by atoms with E-state index >= 15 is 0 Å². The highest BCUT2D eigenvalue weighted by Gasteiger charge is 2.24. The number of hydrogen-bond donors (Lipinski definition) is 2. The van der Waals surface area contributed by atoms with Crippen molar-refractivity contribution >= 4 is 27.6 Å². The zero-order valence-electron chi connectivity index (χ0n) is 16.0. The van der Waals surface area contributed by atoms with Gasteiger partial charge in [0.15, 0.2) is 5.96 Å². The third kappa shape index (κ3) is 5.36. The molecule has 2 unspecified atom stereocenters. The van der Waals surface area contributed by atoms with Crippen LogP contribution in [0.25, 0.3) is 0 Å². The maximum absolute atomic E-state index is 4.89. The summed E-state index contributed by atoms with van der Waals surface area (Å²) >= 11 is 3.67. The van der Waals surface area contributed by atoms with Gasteiger partial charge in [-0.25, -0.2) is 0 Å². The van der Waals surface area contributed by atoms with Gasteiger partial charge in [0.1, 0.15) is 0 Å². The summed E-state index contributed by atoms with van der Waals surface area (Å²) in [6.07, 6.45) is 3.73. The summed E-state index contributed by atoms with van der Waals surface area (Å²) in [6.45, 7) is 8.44. The number of halogens is 1. The van der Waals surface area contributed by atoms with E-state index in [-0.39, 0.29) is 0 Å². The Labute approximate surface area is 166 Å². The van der Waals surface area contributed by atoms with Gasteiger partial charge in [-0.1, -0.05) is 12.1 Å². The molecule has 0 radical (unpaired) electrons. The zero-order valence-corrected chi connectivity index (χ0v) is 17.6. The van der Waals surface area contributed by atoms with Gasteiger partial charge < -0.3 is 20.4 Å². The smallest absolute Gasteiger partial charge is 0.191 e. The fourth-order valence-corrected chi connectivity index (χ4v) is 4.50. The molecule has 0 spiro atoms. The largest absolute Gasteiger partial charge is 0.368 e. The molecular formula is C20H32BrN5. The molecular weight excluding hydrogens is 390 g/mol. The van der Waals surface area contributed by atoms with Gasteiger partial charge in [-0.15, -0.1) is 0 Å². The van der Waals surface area contributed by atoms with E-state index in [1.165, 1.54) is 36.1 Å². The van der Waals surface area contributed by atoms with E-state index in [4.69, 9.17) is 4.99 Å². The topological polar surface area (TPSA) is 42.9 Å². The molecule has 2 N–H and O–H groups in total. The molecule has 0 aliphatic carbocycles. The normalized spacial score (nSPS) is 24.7. The fraction of sp³-hybridized carbons (Fsp3) is 0.650. The molecule has 1 aromatic carbocycles. The molecule has 6 heteroatoms. The van der Waals surface area contributed by atoms with E-state index < -0.39 is 0 Å². The summed E-state index contributed by atoms with van der Waals surface area (Å²) in [4.78, 5) is 9.76. The second-order valence-electron chi connectivity index (χ2n) is 7.52. The Balaban J connectivity index is 1.55. The molecule has 0 bridgehead atoms. The quantitative estimate of drug-likeness (QED) is 0.566. The maximum Gasteiger partial charge on any atom is 0.191 e. The number of para-hydroxylation sites is 1. The lowest BCUT2D eigenvalue weighted by Gasteiger charge is -2.29. The summed E-state index contributed by atoms with van der Waals surface area (Å²) < 4.78 is 1.17. The van der Waals surface area contributed by atoms with Crippen LogP contribution in [0.4, 0.5) is 5.69 Å². The molecule has 2 aliphatic rings. The Bertz CT molecular complexity index is 606. The summed E-state index contributed by atoms with van der Waals surface area (Å²) in [7, 11) is 2.22. The summed E-state index contributed by atoms with van der Waals surface area (Å²) in [5, 5.41) is 7.08. The van der Waals surface area contributed by atoms with E-state index in [2.05, 4.69) is 74.6 Å². The minimum absolute atomic E-state index is 0.439. The predicted octanol–water partition coefficient (Wildman–Crippen LogP) is 2.92. The van der Waals surface area contributed by atoms with Crippen LogP contribution in [0, 0.1) is 5.92 Å². The lowest BCUT2D eigenvalue weighted by atomic mass is 9.99. The number of nitrogens with one attached hydrogen (secondary N) is 2. The first kappa shape index (κ1) is 19.5. The van der Waals surface area contributed by atoms with Gasteiger partial charge in [-0.2, -0.15) is 0 Å². The number of aliphatic imine (C=N–C) groups is 1. The highest BCUT2D eigenvalue weighted by molar-refractivity contribution is 9.10. The standard InChI is InChI=1S/C20H32BrN5/c1-3-22-20(23-13-16-7-6-11-25(2)14-16)24-17-10-12-26(15-17)19-9-5-4-8-18(19)21/h4-5,8-9,16-17H,3,6-7,10-15H2,1-2H3,(H2,22,23,24). The summed E-state index contributed by atoms with van der Waals surface area (Å²) in [5.41, 5.74) is 1.28. The third-order valence-electron chi connectivity index (χ3n) is 5.30. The average Bonchev–Trinajstić information content (AvgIpc) is 3.09. The van der Waals surface area contributed by atoms with E-state index in [1.54, 1.807) is 0 Å². The fourth-order valence-electron chi connectivity index (χ4n) is 3.96. The lowest BCUT2D eigenvalue weighted by molar-refractivity contribution is 0.214. The number of hydrogen-bond acceptors (Lipinski definition) is 3. The van der Waals surface area contributed by atoms with Crippen LogP contribution < -0.4 is 15.5 Å². The van der Waals surface area contributed by atoms with Gasteiger partial charge in [-0.3, -0.25) is 4.99 Å². The van der Waals surface area contributed by atoms with Gasteiger partial charge in [0, 0.05) is 43.2 Å². The number of anilines is 1. The van der Waals surface area contributed by atoms with Crippen LogP contribution in [0.5, 0.6) is 0 Å². The SMILES string of the molecule is CCNC(=NCC1CCCN(C)C1)NC1CCN(c2ccccc2Br)C1. The third-order valence-corrected chi connectivity index (χ3v) is 5.97. The Morgan fingerprint density at radius 2 is 2.08 bits per heavy atom. The number of likely N-dealkylation sites (tertiary alicyclic amines) is 1. The van der Waals surface area contributed by atoms with Crippen LogP contribution >= 0.6 is 15.9 Å². The molecule has 2 saturated heterocycles. The second kappa shape index (κ2) is 9.60. The highest BCUT2D eigenvalue weighted by Crippen LogP contribution is 2.28. The van der Waals surface area contributed by atoms with Gasteiger partial charge in [0.05, 0.1) is 5.69 Å². The molecule has 1 aromatic rings. The first-order chi connectivity index (χ1) is 12.7. The van der Waals surface area contributed by atoms with Gasteiger partial charge in [0.2, 0.25) is 0 Å². The van der Waals surface area contributed by atoms with Crippen LogP contribution in [0.3, 0.4) is 0 Å². The van der Waals surface area contributed by atoms with Crippen LogP contribution in [0.15, 0.2) is 33.7 Å². The highest BCUT2D eigenvalue weighted by atomic mass is 79.9. The molecule has 0 aromatic heterocycles. The first-order valence-electron chi connectivity index (χ1n) is 9.88. The number of piperidine rings is 1. The zero-order chi connectivity index (χ0) is 18.4. The van der Waals surface area contributed by atoms with E-state index in [1.807, 2.05) is 0 Å². The molecule has 2 fully saturated rings. The van der Waals surface area contributed by atoms with E-state index in [9.17, 15) is 0 Å². The van der Waals surface area contributed by atoms with Crippen molar-refractivity contribution in [3.63, 3.8) is 0 Å². The van der Waals surface area contributed by atoms with Crippen LogP contribution in [0.2, 0.25) is 0 Å². The first-order valence-corrected chi connectivity index (χ1v) is 10.7. The monoisotopic (exact) mass is 421 g/mol. The van der Waals surface area contributed by atoms with Crippen molar-refractivity contribution in [2.75, 3.05) is 51.2 Å². The molecule has 0 saturated carbocycles. The Kier molecular flexibility index (Phi) is 7.20. The molecule has 2 atom stereocenters. The molecule has 3 rings (SSSR count). The van der Waals surface area contributed by atoms with Gasteiger partial charge in [-0.05, 0) is 73.8 Å². The van der Waals surface area contributed by atoms with Crippen LogP contribution in [-0.4, -0.2) is 63.2 Å². The number of rotatable bonds is 5. The Hall–Kier alpha value is -1.27. The van der Waals surface area contributed by atoms with Gasteiger partial charge in [0.25, 0.3) is 0 Å². The van der Waals surface area contributed by atoms with E-state index in [0.29, 0.717) is 12.0 Å². The van der Waals surface area contributed by atoms with Crippen molar-refractivity contribution < 1.29 is 0 Å². The van der Waals surface area contributed by atoms with Crippen molar-refractivity contribution in [1.29, 1.82) is 0 Å². The van der Waals surface area contributed by atoms with Crippen molar-refractivity contribution in [3.8, 4) is 0 Å². The number of guanidine groups is 1. The van der Waals surface area contributed by atoms with Crippen molar-refractivity contribution in [1.82, 2.24) is 15.5 Å². The average molecular weight is 422 g/mol. The van der Waals surface area contributed by atoms with Crippen molar-refractivity contribution in [2.24, 2.45) is 10.9 Å². The molecule has 0 amide bonds. The molecule has 26 heavy (non-hydrogen) atoms. The lowest BCUT2D eigenvalue weighted by Crippen LogP contribution is -2.45. The second-order valence-corrected chi connectivity index (χ2v) is 8.37. The molecule has 5 nitrogen and oxygen atoms in total. The van der Waals surface area contributed by atoms with Gasteiger partial charge >= 0.3 is 0 Å². The summed E-state index contributed by atoms with van der Waals surface area (Å²) in [5.74, 6) is 1.66. The number of benzene rings is 1. The number of nitrogens with zero attached hydrogens (tertiary/aromatic N) is 3. The van der Waals surface area contributed by atoms with Crippen molar-refractivity contribution in [2.45, 2.75) is 32.2 Å². The Morgan fingerprint density at radius 3 is 2.85 bits per heavy atom. The maximum atomic E-state index is 4.89. The minimum atomic E-state index is 0.439. The van der Waals surface area contributed by atoms with Crippen LogP contribution in [0.1, 0.15) is 26.2 Å². The molecule has 2 aliphatic heterocycles. The molecule has 144 valence electrons.